The second-order valence-electron chi connectivity index (χ2n) is 5.72. The molecule has 3 N–H and O–H groups in total. The summed E-state index contributed by atoms with van der Waals surface area (Å²) in [5.74, 6) is 0.129. The summed E-state index contributed by atoms with van der Waals surface area (Å²) in [5, 5.41) is 16.2. The molecule has 0 aromatic rings. The molecule has 1 aliphatic carbocycles. The molecule has 0 aromatic carbocycles. The summed E-state index contributed by atoms with van der Waals surface area (Å²) in [7, 11) is 0. The van der Waals surface area contributed by atoms with Gasteiger partial charge in [-0.05, 0) is 38.6 Å². The predicted octanol–water partition coefficient (Wildman–Crippen LogP) is 0.797. The van der Waals surface area contributed by atoms with Crippen molar-refractivity contribution in [3.05, 3.63) is 0 Å². The number of carbonyl (C=O) groups excluding carboxylic acids is 1. The Morgan fingerprint density at radius 2 is 2.18 bits per heavy atom. The Morgan fingerprint density at radius 1 is 1.41 bits per heavy atom. The van der Waals surface area contributed by atoms with E-state index in [1.54, 1.807) is 0 Å². The molecular formula is C13H24N2O2. The number of hydrogen-bond donors (Lipinski definition) is 3. The lowest BCUT2D eigenvalue weighted by Gasteiger charge is -2.38. The molecule has 2 fully saturated rings. The molecule has 0 aromatic heterocycles. The first-order valence-corrected chi connectivity index (χ1v) is 6.82. The van der Waals surface area contributed by atoms with Gasteiger partial charge in [0, 0.05) is 13.1 Å². The van der Waals surface area contributed by atoms with E-state index in [1.807, 2.05) is 0 Å². The van der Waals surface area contributed by atoms with Crippen molar-refractivity contribution >= 4 is 5.91 Å². The van der Waals surface area contributed by atoms with E-state index in [0.717, 1.165) is 51.6 Å². The summed E-state index contributed by atoms with van der Waals surface area (Å²) in [6.07, 6.45) is 5.61. The van der Waals surface area contributed by atoms with Crippen LogP contribution in [-0.2, 0) is 4.79 Å². The molecule has 1 heterocycles. The number of amides is 1. The fraction of sp³-hybridized carbons (Fsp3) is 0.923. The van der Waals surface area contributed by atoms with Crippen molar-refractivity contribution < 1.29 is 9.90 Å². The van der Waals surface area contributed by atoms with E-state index in [4.69, 9.17) is 0 Å². The highest BCUT2D eigenvalue weighted by Crippen LogP contribution is 2.33. The Labute approximate surface area is 103 Å². The van der Waals surface area contributed by atoms with Gasteiger partial charge in [0.25, 0.3) is 0 Å². The molecule has 1 saturated carbocycles. The standard InChI is InChI=1S/C13H24N2O2/c1-2-4-12(7-8-14-9-12)11(16)15-10-13(17)5-3-6-13/h14,17H,2-10H2,1H3,(H,15,16). The highest BCUT2D eigenvalue weighted by Gasteiger charge is 2.42. The molecular weight excluding hydrogens is 216 g/mol. The van der Waals surface area contributed by atoms with Crippen LogP contribution in [0.25, 0.3) is 0 Å². The molecule has 1 unspecified atom stereocenters. The molecule has 2 rings (SSSR count). The maximum Gasteiger partial charge on any atom is 0.227 e. The number of nitrogens with one attached hydrogen (secondary N) is 2. The Bertz CT molecular complexity index is 281. The molecule has 0 spiro atoms. The Morgan fingerprint density at radius 3 is 2.65 bits per heavy atom. The topological polar surface area (TPSA) is 61.4 Å². The summed E-state index contributed by atoms with van der Waals surface area (Å²) in [5.41, 5.74) is -0.843. The zero-order valence-corrected chi connectivity index (χ0v) is 10.7. The molecule has 1 atom stereocenters. The predicted molar refractivity (Wildman–Crippen MR) is 66.6 cm³/mol. The smallest absolute Gasteiger partial charge is 0.227 e. The SMILES string of the molecule is CCCC1(C(=O)NCC2(O)CCC2)CCNC1. The zero-order chi connectivity index (χ0) is 12.4. The van der Waals surface area contributed by atoms with Crippen molar-refractivity contribution in [2.75, 3.05) is 19.6 Å². The zero-order valence-electron chi connectivity index (χ0n) is 10.7. The van der Waals surface area contributed by atoms with Crippen molar-refractivity contribution in [3.8, 4) is 0 Å². The van der Waals surface area contributed by atoms with E-state index in [1.165, 1.54) is 0 Å². The summed E-state index contributed by atoms with van der Waals surface area (Å²) < 4.78 is 0. The average Bonchev–Trinajstić information content (AvgIpc) is 2.73. The lowest BCUT2D eigenvalue weighted by atomic mass is 9.78. The molecule has 4 heteroatoms. The van der Waals surface area contributed by atoms with Crippen LogP contribution in [-0.4, -0.2) is 36.2 Å². The van der Waals surface area contributed by atoms with Gasteiger partial charge in [0.05, 0.1) is 11.0 Å². The molecule has 98 valence electrons. The van der Waals surface area contributed by atoms with Crippen LogP contribution in [0.3, 0.4) is 0 Å². The van der Waals surface area contributed by atoms with Crippen LogP contribution in [0, 0.1) is 5.41 Å². The minimum absolute atomic E-state index is 0.129. The van der Waals surface area contributed by atoms with Crippen molar-refractivity contribution in [2.45, 2.75) is 51.0 Å². The Balaban J connectivity index is 1.88. The summed E-state index contributed by atoms with van der Waals surface area (Å²) in [4.78, 5) is 12.3. The second-order valence-corrected chi connectivity index (χ2v) is 5.72. The summed E-state index contributed by atoms with van der Waals surface area (Å²) >= 11 is 0. The lowest BCUT2D eigenvalue weighted by molar-refractivity contribution is -0.133. The molecule has 0 radical (unpaired) electrons. The van der Waals surface area contributed by atoms with E-state index >= 15 is 0 Å². The van der Waals surface area contributed by atoms with Crippen LogP contribution in [0.2, 0.25) is 0 Å². The third-order valence-corrected chi connectivity index (χ3v) is 4.32. The molecule has 4 nitrogen and oxygen atoms in total. The van der Waals surface area contributed by atoms with E-state index in [2.05, 4.69) is 17.6 Å². The molecule has 1 aliphatic heterocycles. The highest BCUT2D eigenvalue weighted by molar-refractivity contribution is 5.83. The van der Waals surface area contributed by atoms with Gasteiger partial charge in [-0.1, -0.05) is 13.3 Å². The maximum atomic E-state index is 12.3. The third-order valence-electron chi connectivity index (χ3n) is 4.32. The van der Waals surface area contributed by atoms with Gasteiger partial charge in [0.15, 0.2) is 0 Å². The first-order valence-electron chi connectivity index (χ1n) is 6.82. The van der Waals surface area contributed by atoms with E-state index in [-0.39, 0.29) is 11.3 Å². The van der Waals surface area contributed by atoms with Gasteiger partial charge in [-0.3, -0.25) is 4.79 Å². The van der Waals surface area contributed by atoms with Gasteiger partial charge < -0.3 is 15.7 Å². The van der Waals surface area contributed by atoms with Crippen LogP contribution in [0.5, 0.6) is 0 Å². The van der Waals surface area contributed by atoms with Gasteiger partial charge in [0.2, 0.25) is 5.91 Å². The van der Waals surface area contributed by atoms with Gasteiger partial charge in [-0.25, -0.2) is 0 Å². The van der Waals surface area contributed by atoms with E-state index < -0.39 is 5.60 Å². The lowest BCUT2D eigenvalue weighted by Crippen LogP contribution is -2.51. The van der Waals surface area contributed by atoms with Crippen molar-refractivity contribution in [1.29, 1.82) is 0 Å². The van der Waals surface area contributed by atoms with Crippen molar-refractivity contribution in [1.82, 2.24) is 10.6 Å². The van der Waals surface area contributed by atoms with Crippen LogP contribution in [0.1, 0.15) is 45.4 Å². The van der Waals surface area contributed by atoms with Gasteiger partial charge in [-0.15, -0.1) is 0 Å². The Kier molecular flexibility index (Phi) is 3.73. The average molecular weight is 240 g/mol. The highest BCUT2D eigenvalue weighted by atomic mass is 16.3. The Hall–Kier alpha value is -0.610. The number of carbonyl (C=O) groups is 1. The second kappa shape index (κ2) is 4.94. The number of hydrogen-bond acceptors (Lipinski definition) is 3. The first kappa shape index (κ1) is 12.8. The number of rotatable bonds is 5. The van der Waals surface area contributed by atoms with Crippen LogP contribution >= 0.6 is 0 Å². The van der Waals surface area contributed by atoms with Crippen LogP contribution < -0.4 is 10.6 Å². The van der Waals surface area contributed by atoms with E-state index in [0.29, 0.717) is 6.54 Å². The maximum absolute atomic E-state index is 12.3. The normalized spacial score (nSPS) is 30.9. The quantitative estimate of drug-likeness (QED) is 0.666. The first-order chi connectivity index (χ1) is 8.10. The fourth-order valence-electron chi connectivity index (χ4n) is 2.94. The molecule has 1 saturated heterocycles. The van der Waals surface area contributed by atoms with Crippen LogP contribution in [0.4, 0.5) is 0 Å². The summed E-state index contributed by atoms with van der Waals surface area (Å²) in [6, 6.07) is 0. The minimum atomic E-state index is -0.616. The summed E-state index contributed by atoms with van der Waals surface area (Å²) in [6.45, 7) is 4.26. The van der Waals surface area contributed by atoms with Crippen molar-refractivity contribution in [2.24, 2.45) is 5.41 Å². The van der Waals surface area contributed by atoms with E-state index in [9.17, 15) is 9.90 Å². The molecule has 1 amide bonds. The molecule has 0 bridgehead atoms. The van der Waals surface area contributed by atoms with Crippen LogP contribution in [0.15, 0.2) is 0 Å². The fourth-order valence-corrected chi connectivity index (χ4v) is 2.94. The largest absolute Gasteiger partial charge is 0.388 e. The van der Waals surface area contributed by atoms with Gasteiger partial charge in [0.1, 0.15) is 0 Å². The van der Waals surface area contributed by atoms with Crippen molar-refractivity contribution in [3.63, 3.8) is 0 Å². The van der Waals surface area contributed by atoms with Gasteiger partial charge in [-0.2, -0.15) is 0 Å². The molecule has 2 aliphatic rings. The molecule has 17 heavy (non-hydrogen) atoms. The monoisotopic (exact) mass is 240 g/mol. The minimum Gasteiger partial charge on any atom is -0.388 e. The third kappa shape index (κ3) is 2.63. The van der Waals surface area contributed by atoms with Gasteiger partial charge >= 0.3 is 0 Å². The number of aliphatic hydroxyl groups is 1.